The van der Waals surface area contributed by atoms with Crippen LogP contribution in [0.3, 0.4) is 0 Å². The maximum absolute atomic E-state index is 14.4. The van der Waals surface area contributed by atoms with E-state index < -0.39 is 21.9 Å². The molecule has 2 aromatic rings. The van der Waals surface area contributed by atoms with E-state index in [1.165, 1.54) is 15.3 Å². The molecule has 36 heavy (non-hydrogen) atoms. The zero-order valence-electron chi connectivity index (χ0n) is 21.8. The highest BCUT2D eigenvalue weighted by Crippen LogP contribution is 2.20. The van der Waals surface area contributed by atoms with E-state index >= 15 is 0 Å². The van der Waals surface area contributed by atoms with Gasteiger partial charge in [0.2, 0.25) is 21.8 Å². The van der Waals surface area contributed by atoms with Crippen molar-refractivity contribution in [2.24, 2.45) is 5.92 Å². The Morgan fingerprint density at radius 1 is 1.03 bits per heavy atom. The molecule has 7 nitrogen and oxygen atoms in total. The van der Waals surface area contributed by atoms with Gasteiger partial charge in [-0.05, 0) is 49.4 Å². The Labute approximate surface area is 214 Å². The smallest absolute Gasteiger partial charge is 0.242 e. The van der Waals surface area contributed by atoms with Gasteiger partial charge >= 0.3 is 0 Å². The van der Waals surface area contributed by atoms with Crippen LogP contribution in [-0.2, 0) is 32.6 Å². The van der Waals surface area contributed by atoms with Gasteiger partial charge in [-0.3, -0.25) is 13.9 Å². The Bertz CT molecular complexity index is 1120. The molecule has 9 heteroatoms. The molecule has 0 aliphatic heterocycles. The first-order chi connectivity index (χ1) is 16.9. The number of rotatable bonds is 13. The molecule has 0 heterocycles. The minimum atomic E-state index is -3.56. The molecule has 1 N–H and O–H groups in total. The highest BCUT2D eigenvalue weighted by molar-refractivity contribution is 7.92. The number of sulfonamides is 1. The van der Waals surface area contributed by atoms with E-state index in [-0.39, 0.29) is 43.7 Å². The lowest BCUT2D eigenvalue weighted by Crippen LogP contribution is -2.48. The number of carbonyl (C=O) groups excluding carboxylic acids is 2. The number of carbonyl (C=O) groups is 2. The average Bonchev–Trinajstić information content (AvgIpc) is 2.83. The summed E-state index contributed by atoms with van der Waals surface area (Å²) in [5.74, 6) is -0.878. The number of hydrogen-bond donors (Lipinski definition) is 1. The van der Waals surface area contributed by atoms with Gasteiger partial charge in [0.25, 0.3) is 0 Å². The lowest BCUT2D eigenvalue weighted by Gasteiger charge is -2.29. The van der Waals surface area contributed by atoms with E-state index in [1.54, 1.807) is 37.3 Å². The van der Waals surface area contributed by atoms with Gasteiger partial charge in [0.05, 0.1) is 11.9 Å². The van der Waals surface area contributed by atoms with Gasteiger partial charge in [-0.15, -0.1) is 0 Å². The van der Waals surface area contributed by atoms with E-state index in [1.807, 2.05) is 32.9 Å². The summed E-state index contributed by atoms with van der Waals surface area (Å²) in [6.45, 7) is 8.09. The largest absolute Gasteiger partial charge is 0.354 e. The van der Waals surface area contributed by atoms with E-state index in [9.17, 15) is 22.4 Å². The van der Waals surface area contributed by atoms with Crippen LogP contribution in [-0.4, -0.2) is 50.5 Å². The summed E-state index contributed by atoms with van der Waals surface area (Å²) < 4.78 is 40.5. The SMILES string of the molecule is CCc1ccc(N(CCCC(=O)N(Cc2ccccc2F)C(C)C(=O)NCC(C)C)S(C)(=O)=O)cc1. The standard InChI is InChI=1S/C27H38FN3O4S/c1-6-22-13-15-24(16-14-22)31(36(5,34)35)17-9-12-26(32)30(19-23-10-7-8-11-25(23)28)21(4)27(33)29-18-20(2)3/h7-8,10-11,13-16,20-21H,6,9,12,17-19H2,1-5H3,(H,29,33). The van der Waals surface area contributed by atoms with Crippen molar-refractivity contribution in [2.75, 3.05) is 23.7 Å². The molecule has 1 atom stereocenters. The fraction of sp³-hybridized carbons (Fsp3) is 0.481. The third-order valence-electron chi connectivity index (χ3n) is 5.94. The third kappa shape index (κ3) is 8.62. The Morgan fingerprint density at radius 3 is 2.22 bits per heavy atom. The van der Waals surface area contributed by atoms with Crippen molar-refractivity contribution in [3.8, 4) is 0 Å². The van der Waals surface area contributed by atoms with Crippen LogP contribution in [0, 0.1) is 11.7 Å². The molecular formula is C27H38FN3O4S. The Morgan fingerprint density at radius 2 is 1.67 bits per heavy atom. The van der Waals surface area contributed by atoms with Crippen LogP contribution in [0.4, 0.5) is 10.1 Å². The topological polar surface area (TPSA) is 86.8 Å². The molecular weight excluding hydrogens is 481 g/mol. The molecule has 0 saturated heterocycles. The van der Waals surface area contributed by atoms with Crippen LogP contribution >= 0.6 is 0 Å². The summed E-state index contributed by atoms with van der Waals surface area (Å²) in [5, 5.41) is 2.83. The molecule has 0 saturated carbocycles. The molecule has 0 spiro atoms. The van der Waals surface area contributed by atoms with Crippen molar-refractivity contribution in [2.45, 2.75) is 59.5 Å². The van der Waals surface area contributed by atoms with Crippen molar-refractivity contribution in [1.29, 1.82) is 0 Å². The van der Waals surface area contributed by atoms with Crippen LogP contribution < -0.4 is 9.62 Å². The molecule has 0 aliphatic rings. The predicted molar refractivity (Wildman–Crippen MR) is 142 cm³/mol. The first kappa shape index (κ1) is 29.3. The number of hydrogen-bond acceptors (Lipinski definition) is 4. The van der Waals surface area contributed by atoms with Gasteiger partial charge in [-0.2, -0.15) is 0 Å². The average molecular weight is 520 g/mol. The Hall–Kier alpha value is -2.94. The Kier molecular flexibility index (Phi) is 10.9. The minimum Gasteiger partial charge on any atom is -0.354 e. The second-order valence-electron chi connectivity index (χ2n) is 9.39. The Balaban J connectivity index is 2.16. The summed E-state index contributed by atoms with van der Waals surface area (Å²) in [6, 6.07) is 12.6. The number of amides is 2. The van der Waals surface area contributed by atoms with Gasteiger partial charge in [-0.25, -0.2) is 12.8 Å². The predicted octanol–water partition coefficient (Wildman–Crippen LogP) is 4.12. The van der Waals surface area contributed by atoms with Crippen molar-refractivity contribution >= 4 is 27.5 Å². The first-order valence-corrected chi connectivity index (χ1v) is 14.2. The van der Waals surface area contributed by atoms with Crippen LogP contribution in [0.25, 0.3) is 0 Å². The van der Waals surface area contributed by atoms with Crippen LogP contribution in [0.2, 0.25) is 0 Å². The normalized spacial score (nSPS) is 12.3. The summed E-state index contributed by atoms with van der Waals surface area (Å²) in [7, 11) is -3.56. The maximum atomic E-state index is 14.4. The lowest BCUT2D eigenvalue weighted by atomic mass is 10.1. The second-order valence-corrected chi connectivity index (χ2v) is 11.3. The molecule has 0 aliphatic carbocycles. The quantitative estimate of drug-likeness (QED) is 0.431. The van der Waals surface area contributed by atoms with Gasteiger partial charge in [0.1, 0.15) is 11.9 Å². The fourth-order valence-electron chi connectivity index (χ4n) is 3.75. The first-order valence-electron chi connectivity index (χ1n) is 12.3. The molecule has 0 radical (unpaired) electrons. The third-order valence-corrected chi connectivity index (χ3v) is 7.13. The molecule has 2 rings (SSSR count). The summed E-state index contributed by atoms with van der Waals surface area (Å²) in [4.78, 5) is 27.3. The van der Waals surface area contributed by atoms with Gasteiger partial charge in [0.15, 0.2) is 0 Å². The van der Waals surface area contributed by atoms with E-state index in [0.29, 0.717) is 17.8 Å². The fourth-order valence-corrected chi connectivity index (χ4v) is 4.71. The number of aryl methyl sites for hydroxylation is 1. The number of nitrogens with one attached hydrogen (secondary N) is 1. The molecule has 198 valence electrons. The van der Waals surface area contributed by atoms with Gasteiger partial charge in [0, 0.05) is 31.6 Å². The second kappa shape index (κ2) is 13.4. The number of nitrogens with zero attached hydrogens (tertiary/aromatic N) is 2. The minimum absolute atomic E-state index is 0.00924. The van der Waals surface area contributed by atoms with Crippen LogP contribution in [0.5, 0.6) is 0 Å². The zero-order valence-corrected chi connectivity index (χ0v) is 22.6. The summed E-state index contributed by atoms with van der Waals surface area (Å²) in [6.07, 6.45) is 2.23. The van der Waals surface area contributed by atoms with Crippen LogP contribution in [0.1, 0.15) is 51.7 Å². The van der Waals surface area contributed by atoms with Crippen molar-refractivity contribution in [3.05, 3.63) is 65.5 Å². The lowest BCUT2D eigenvalue weighted by molar-refractivity contribution is -0.140. The highest BCUT2D eigenvalue weighted by Gasteiger charge is 2.27. The van der Waals surface area contributed by atoms with Crippen LogP contribution in [0.15, 0.2) is 48.5 Å². The van der Waals surface area contributed by atoms with E-state index in [4.69, 9.17) is 0 Å². The van der Waals surface area contributed by atoms with Crippen molar-refractivity contribution in [1.82, 2.24) is 10.2 Å². The zero-order chi connectivity index (χ0) is 26.9. The van der Waals surface area contributed by atoms with E-state index in [0.717, 1.165) is 18.2 Å². The number of halogens is 1. The summed E-state index contributed by atoms with van der Waals surface area (Å²) in [5.41, 5.74) is 1.94. The number of benzene rings is 2. The molecule has 0 aromatic heterocycles. The van der Waals surface area contributed by atoms with E-state index in [2.05, 4.69) is 5.32 Å². The molecule has 0 bridgehead atoms. The van der Waals surface area contributed by atoms with Crippen molar-refractivity contribution in [3.63, 3.8) is 0 Å². The molecule has 1 unspecified atom stereocenters. The molecule has 2 aromatic carbocycles. The highest BCUT2D eigenvalue weighted by atomic mass is 32.2. The molecule has 2 amide bonds. The maximum Gasteiger partial charge on any atom is 0.242 e. The van der Waals surface area contributed by atoms with Crippen molar-refractivity contribution < 1.29 is 22.4 Å². The monoisotopic (exact) mass is 519 g/mol. The van der Waals surface area contributed by atoms with Gasteiger partial charge in [-0.1, -0.05) is 51.1 Å². The number of anilines is 1. The van der Waals surface area contributed by atoms with Gasteiger partial charge < -0.3 is 10.2 Å². The summed E-state index contributed by atoms with van der Waals surface area (Å²) >= 11 is 0. The molecule has 0 fully saturated rings.